The number of anilines is 1. The van der Waals surface area contributed by atoms with Crippen LogP contribution in [-0.2, 0) is 11.0 Å². The number of nitrogens with zero attached hydrogens (tertiary/aromatic N) is 4. The van der Waals surface area contributed by atoms with Gasteiger partial charge in [0.1, 0.15) is 11.5 Å². The Morgan fingerprint density at radius 3 is 2.53 bits per heavy atom. The molecule has 1 aromatic carbocycles. The molecule has 178 valence electrons. The first-order valence-corrected chi connectivity index (χ1v) is 11.2. The van der Waals surface area contributed by atoms with Crippen LogP contribution in [0.5, 0.6) is 0 Å². The third-order valence-corrected chi connectivity index (χ3v) is 5.96. The van der Waals surface area contributed by atoms with Gasteiger partial charge in [-0.3, -0.25) is 14.8 Å². The Kier molecular flexibility index (Phi) is 6.74. The van der Waals surface area contributed by atoms with Crippen LogP contribution >= 0.6 is 11.6 Å². The van der Waals surface area contributed by atoms with Gasteiger partial charge in [0, 0.05) is 48.6 Å². The van der Waals surface area contributed by atoms with Crippen LogP contribution in [0, 0.1) is 5.92 Å². The Morgan fingerprint density at radius 2 is 1.88 bits per heavy atom. The fourth-order valence-corrected chi connectivity index (χ4v) is 3.98. The van der Waals surface area contributed by atoms with Crippen molar-refractivity contribution in [1.82, 2.24) is 20.3 Å². The predicted molar refractivity (Wildman–Crippen MR) is 124 cm³/mol. The highest BCUT2D eigenvalue weighted by Crippen LogP contribution is 2.36. The maximum Gasteiger partial charge on any atom is 0.416 e. The smallest absolute Gasteiger partial charge is 0.353 e. The van der Waals surface area contributed by atoms with Gasteiger partial charge in [-0.1, -0.05) is 37.6 Å². The zero-order valence-electron chi connectivity index (χ0n) is 18.6. The topological polar surface area (TPSA) is 71.0 Å². The molecular formula is C24H23ClF3N5O. The van der Waals surface area contributed by atoms with E-state index in [1.807, 2.05) is 18.7 Å². The first kappa shape index (κ1) is 23.9. The van der Waals surface area contributed by atoms with Gasteiger partial charge in [-0.25, -0.2) is 4.98 Å². The highest BCUT2D eigenvalue weighted by atomic mass is 35.5. The van der Waals surface area contributed by atoms with E-state index in [9.17, 15) is 18.0 Å². The fourth-order valence-electron chi connectivity index (χ4n) is 3.77. The Balaban J connectivity index is 1.69. The largest absolute Gasteiger partial charge is 0.416 e. The summed E-state index contributed by atoms with van der Waals surface area (Å²) < 4.78 is 39.0. The lowest BCUT2D eigenvalue weighted by Crippen LogP contribution is -2.39. The van der Waals surface area contributed by atoms with Crippen LogP contribution in [0.3, 0.4) is 0 Å². The standard InChI is InChI=1S/C24H23ClF3N5O/c1-14(2)23(34)31-17-8-10-33(13-17)20-12-30-21(15-3-5-16(6-4-15)24(26,27)28)22(32-20)18-7-9-29-11-19(18)25/h3-7,9,11-12,14,17H,8,10,13H2,1-2H3,(H,31,34)/t17-/m0/s1. The third kappa shape index (κ3) is 5.14. The van der Waals surface area contributed by atoms with E-state index in [2.05, 4.69) is 15.3 Å². The summed E-state index contributed by atoms with van der Waals surface area (Å²) in [5, 5.41) is 3.39. The normalized spacial score (nSPS) is 16.2. The van der Waals surface area contributed by atoms with E-state index in [0.717, 1.165) is 18.6 Å². The third-order valence-electron chi connectivity index (χ3n) is 5.66. The van der Waals surface area contributed by atoms with Crippen molar-refractivity contribution in [2.24, 2.45) is 5.92 Å². The molecule has 1 N–H and O–H groups in total. The number of benzene rings is 1. The molecular weight excluding hydrogens is 467 g/mol. The molecule has 0 spiro atoms. The molecule has 1 saturated heterocycles. The minimum absolute atomic E-state index is 0.000146. The van der Waals surface area contributed by atoms with Crippen LogP contribution in [0.4, 0.5) is 19.0 Å². The number of halogens is 4. The van der Waals surface area contributed by atoms with Crippen molar-refractivity contribution >= 4 is 23.3 Å². The summed E-state index contributed by atoms with van der Waals surface area (Å²) in [6.07, 6.45) is 0.988. The van der Waals surface area contributed by atoms with Crippen molar-refractivity contribution in [3.8, 4) is 22.5 Å². The Morgan fingerprint density at radius 1 is 1.15 bits per heavy atom. The molecule has 6 nitrogen and oxygen atoms in total. The van der Waals surface area contributed by atoms with Crippen molar-refractivity contribution in [3.05, 3.63) is 59.5 Å². The van der Waals surface area contributed by atoms with Crippen molar-refractivity contribution in [1.29, 1.82) is 0 Å². The van der Waals surface area contributed by atoms with E-state index in [-0.39, 0.29) is 17.9 Å². The number of nitrogens with one attached hydrogen (secondary N) is 1. The molecule has 2 aromatic heterocycles. The Bertz CT molecular complexity index is 1180. The molecule has 3 aromatic rings. The lowest BCUT2D eigenvalue weighted by Gasteiger charge is -2.20. The highest BCUT2D eigenvalue weighted by molar-refractivity contribution is 6.33. The quantitative estimate of drug-likeness (QED) is 0.531. The SMILES string of the molecule is CC(C)C(=O)N[C@H]1CCN(c2cnc(-c3ccc(C(F)(F)F)cc3)c(-c3ccncc3Cl)n2)C1. The Labute approximate surface area is 200 Å². The molecule has 1 atom stereocenters. The van der Waals surface area contributed by atoms with Gasteiger partial charge < -0.3 is 10.2 Å². The molecule has 0 radical (unpaired) electrons. The van der Waals surface area contributed by atoms with Crippen LogP contribution in [0.2, 0.25) is 5.02 Å². The van der Waals surface area contributed by atoms with Crippen molar-refractivity contribution in [2.75, 3.05) is 18.0 Å². The molecule has 0 bridgehead atoms. The zero-order valence-corrected chi connectivity index (χ0v) is 19.4. The molecule has 10 heteroatoms. The van der Waals surface area contributed by atoms with Gasteiger partial charge >= 0.3 is 6.18 Å². The second-order valence-electron chi connectivity index (χ2n) is 8.45. The number of pyridine rings is 1. The highest BCUT2D eigenvalue weighted by Gasteiger charge is 2.30. The molecule has 4 rings (SSSR count). The monoisotopic (exact) mass is 489 g/mol. The van der Waals surface area contributed by atoms with E-state index in [0.29, 0.717) is 46.4 Å². The van der Waals surface area contributed by atoms with E-state index >= 15 is 0 Å². The average molecular weight is 490 g/mol. The number of amides is 1. The van der Waals surface area contributed by atoms with Crippen molar-refractivity contribution in [3.63, 3.8) is 0 Å². The van der Waals surface area contributed by atoms with Crippen molar-refractivity contribution < 1.29 is 18.0 Å². The van der Waals surface area contributed by atoms with Crippen LogP contribution < -0.4 is 10.2 Å². The van der Waals surface area contributed by atoms with Crippen LogP contribution in [0.25, 0.3) is 22.5 Å². The van der Waals surface area contributed by atoms with Gasteiger partial charge in [0.25, 0.3) is 0 Å². The van der Waals surface area contributed by atoms with Gasteiger partial charge in [0.15, 0.2) is 0 Å². The number of alkyl halides is 3. The maximum absolute atomic E-state index is 13.0. The molecule has 1 aliphatic heterocycles. The summed E-state index contributed by atoms with van der Waals surface area (Å²) >= 11 is 6.39. The summed E-state index contributed by atoms with van der Waals surface area (Å²) in [4.78, 5) is 27.4. The number of carbonyl (C=O) groups excluding carboxylic acids is 1. The lowest BCUT2D eigenvalue weighted by atomic mass is 10.0. The van der Waals surface area contributed by atoms with E-state index < -0.39 is 11.7 Å². The molecule has 0 aliphatic carbocycles. The molecule has 1 amide bonds. The predicted octanol–water partition coefficient (Wildman–Crippen LogP) is 5.23. The van der Waals surface area contributed by atoms with Gasteiger partial charge in [-0.2, -0.15) is 13.2 Å². The van der Waals surface area contributed by atoms with Gasteiger partial charge in [0.2, 0.25) is 5.91 Å². The second kappa shape index (κ2) is 9.58. The van der Waals surface area contributed by atoms with Gasteiger partial charge in [0.05, 0.1) is 22.5 Å². The first-order chi connectivity index (χ1) is 16.1. The van der Waals surface area contributed by atoms with Crippen LogP contribution in [0.15, 0.2) is 48.9 Å². The number of rotatable bonds is 5. The maximum atomic E-state index is 13.0. The molecule has 0 unspecified atom stereocenters. The summed E-state index contributed by atoms with van der Waals surface area (Å²) in [6, 6.07) is 6.48. The Hall–Kier alpha value is -3.20. The second-order valence-corrected chi connectivity index (χ2v) is 8.86. The number of carbonyl (C=O) groups is 1. The lowest BCUT2D eigenvalue weighted by molar-refractivity contribution is -0.137. The molecule has 3 heterocycles. The fraction of sp³-hybridized carbons (Fsp3) is 0.333. The van der Waals surface area contributed by atoms with Gasteiger partial charge in [-0.15, -0.1) is 0 Å². The van der Waals surface area contributed by atoms with Gasteiger partial charge in [-0.05, 0) is 24.6 Å². The minimum atomic E-state index is -4.43. The number of hydrogen-bond donors (Lipinski definition) is 1. The molecule has 34 heavy (non-hydrogen) atoms. The van der Waals surface area contributed by atoms with Crippen LogP contribution in [-0.4, -0.2) is 40.0 Å². The summed E-state index contributed by atoms with van der Waals surface area (Å²) in [6.45, 7) is 4.95. The average Bonchev–Trinajstić information content (AvgIpc) is 3.27. The van der Waals surface area contributed by atoms with E-state index in [4.69, 9.17) is 16.6 Å². The molecule has 0 saturated carbocycles. The number of hydrogen-bond acceptors (Lipinski definition) is 5. The minimum Gasteiger partial charge on any atom is -0.353 e. The van der Waals surface area contributed by atoms with Crippen LogP contribution in [0.1, 0.15) is 25.8 Å². The molecule has 1 fully saturated rings. The summed E-state index contributed by atoms with van der Waals surface area (Å²) in [7, 11) is 0. The molecule has 1 aliphatic rings. The first-order valence-electron chi connectivity index (χ1n) is 10.8. The summed E-state index contributed by atoms with van der Waals surface area (Å²) in [5.74, 6) is 0.497. The zero-order chi connectivity index (χ0) is 24.5. The van der Waals surface area contributed by atoms with E-state index in [1.54, 1.807) is 18.5 Å². The number of aromatic nitrogens is 3. The summed E-state index contributed by atoms with van der Waals surface area (Å²) in [5.41, 5.74) is 1.17. The van der Waals surface area contributed by atoms with E-state index in [1.165, 1.54) is 18.3 Å². The van der Waals surface area contributed by atoms with Crippen molar-refractivity contribution in [2.45, 2.75) is 32.5 Å².